The molecular formula is C36H25BrF6N2O4. The summed E-state index contributed by atoms with van der Waals surface area (Å²) in [5.41, 5.74) is -1.79. The molecule has 0 radical (unpaired) electrons. The number of halogens is 7. The molecule has 0 fully saturated rings. The van der Waals surface area contributed by atoms with Crippen molar-refractivity contribution in [2.75, 3.05) is 6.61 Å². The molecule has 1 unspecified atom stereocenters. The number of esters is 1. The molecule has 6 aromatic rings. The van der Waals surface area contributed by atoms with Gasteiger partial charge in [0.2, 0.25) is 0 Å². The van der Waals surface area contributed by atoms with Crippen molar-refractivity contribution in [1.29, 1.82) is 0 Å². The fraction of sp³-hybridized carbons (Fsp3) is 0.167. The SMILES string of the molecule is Cn1c(=O)c(C(c2cccc(Br)c2)c2[nH]c3ccccc3c2CCOC(=O)c2cc(C(F)(F)F)cc(C(F)(F)F)c2)c(O)c2ccccc21. The van der Waals surface area contributed by atoms with Crippen molar-refractivity contribution in [1.82, 2.24) is 9.55 Å². The molecule has 4 aromatic carbocycles. The minimum Gasteiger partial charge on any atom is -0.507 e. The number of fused-ring (bicyclic) bond motifs is 2. The van der Waals surface area contributed by atoms with Crippen molar-refractivity contribution >= 4 is 43.7 Å². The fourth-order valence-electron chi connectivity index (χ4n) is 6.07. The molecule has 0 saturated carbocycles. The number of aryl methyl sites for hydroxylation is 1. The first-order chi connectivity index (χ1) is 23.1. The van der Waals surface area contributed by atoms with Crippen LogP contribution in [0.5, 0.6) is 5.75 Å². The number of pyridine rings is 1. The molecular weight excluding hydrogens is 718 g/mol. The first-order valence-electron chi connectivity index (χ1n) is 14.8. The second-order valence-corrected chi connectivity index (χ2v) is 12.3. The lowest BCUT2D eigenvalue weighted by Gasteiger charge is -2.22. The quantitative estimate of drug-likeness (QED) is 0.126. The molecule has 1 atom stereocenters. The molecule has 0 aliphatic carbocycles. The fourth-order valence-corrected chi connectivity index (χ4v) is 6.48. The Morgan fingerprint density at radius 2 is 1.51 bits per heavy atom. The Morgan fingerprint density at radius 3 is 2.16 bits per heavy atom. The van der Waals surface area contributed by atoms with Gasteiger partial charge in [-0.3, -0.25) is 4.79 Å². The number of aromatic hydroxyl groups is 1. The van der Waals surface area contributed by atoms with Crippen molar-refractivity contribution in [3.63, 3.8) is 0 Å². The Hall–Kier alpha value is -5.04. The van der Waals surface area contributed by atoms with Gasteiger partial charge >= 0.3 is 18.3 Å². The van der Waals surface area contributed by atoms with Crippen molar-refractivity contribution in [3.05, 3.63) is 145 Å². The van der Waals surface area contributed by atoms with E-state index in [1.165, 1.54) is 4.57 Å². The summed E-state index contributed by atoms with van der Waals surface area (Å²) >= 11 is 3.48. The van der Waals surface area contributed by atoms with Gasteiger partial charge < -0.3 is 19.4 Å². The number of rotatable bonds is 7. The van der Waals surface area contributed by atoms with E-state index in [9.17, 15) is 41.0 Å². The van der Waals surface area contributed by atoms with E-state index in [0.717, 1.165) is 0 Å². The summed E-state index contributed by atoms with van der Waals surface area (Å²) in [7, 11) is 1.59. The van der Waals surface area contributed by atoms with Crippen LogP contribution in [0.2, 0.25) is 0 Å². The van der Waals surface area contributed by atoms with Crippen molar-refractivity contribution in [3.8, 4) is 5.75 Å². The largest absolute Gasteiger partial charge is 0.507 e. The summed E-state index contributed by atoms with van der Waals surface area (Å²) in [6, 6.07) is 21.7. The number of nitrogens with zero attached hydrogens (tertiary/aromatic N) is 1. The number of hydrogen-bond acceptors (Lipinski definition) is 4. The standard InChI is InChI=1S/C36H25BrF6N2O4/c1-45-28-12-5-3-10-26(28)32(46)30(33(45)47)29(19-7-6-8-23(37)17-19)31-25(24-9-2-4-11-27(24)44-31)13-14-49-34(48)20-15-21(35(38,39)40)18-22(16-20)36(41,42)43/h2-12,15-18,29,44,46H,13-14H2,1H3. The number of carbonyl (C=O) groups excluding carboxylic acids is 1. The first kappa shape index (κ1) is 33.8. The third-order valence-electron chi connectivity index (χ3n) is 8.33. The van der Waals surface area contributed by atoms with Gasteiger partial charge in [-0.1, -0.05) is 58.4 Å². The van der Waals surface area contributed by atoms with Crippen molar-refractivity contribution in [2.45, 2.75) is 24.7 Å². The Labute approximate surface area is 282 Å². The van der Waals surface area contributed by atoms with Gasteiger partial charge in [-0.25, -0.2) is 4.79 Å². The highest BCUT2D eigenvalue weighted by atomic mass is 79.9. The summed E-state index contributed by atoms with van der Waals surface area (Å²) in [6.07, 6.45) is -10.3. The van der Waals surface area contributed by atoms with Crippen LogP contribution in [-0.4, -0.2) is 27.2 Å². The van der Waals surface area contributed by atoms with Gasteiger partial charge in [0.15, 0.2) is 0 Å². The number of alkyl halides is 6. The lowest BCUT2D eigenvalue weighted by atomic mass is 9.85. The second-order valence-electron chi connectivity index (χ2n) is 11.4. The van der Waals surface area contributed by atoms with E-state index >= 15 is 0 Å². The summed E-state index contributed by atoms with van der Waals surface area (Å²) < 4.78 is 87.9. The van der Waals surface area contributed by atoms with Gasteiger partial charge in [-0.05, 0) is 59.7 Å². The van der Waals surface area contributed by atoms with Crippen LogP contribution >= 0.6 is 15.9 Å². The van der Waals surface area contributed by atoms with Crippen molar-refractivity contribution in [2.24, 2.45) is 7.05 Å². The van der Waals surface area contributed by atoms with Crippen LogP contribution in [0.4, 0.5) is 26.3 Å². The number of aromatic nitrogens is 2. The molecule has 0 bridgehead atoms. The zero-order chi connectivity index (χ0) is 35.2. The third kappa shape index (κ3) is 6.54. The van der Waals surface area contributed by atoms with Crippen LogP contribution in [0, 0.1) is 0 Å². The number of nitrogens with one attached hydrogen (secondary N) is 1. The van der Waals surface area contributed by atoms with E-state index < -0.39 is 53.1 Å². The van der Waals surface area contributed by atoms with Crippen LogP contribution in [0.1, 0.15) is 49.8 Å². The number of H-pyrrole nitrogens is 1. The van der Waals surface area contributed by atoms with Crippen LogP contribution in [0.25, 0.3) is 21.8 Å². The summed E-state index contributed by atoms with van der Waals surface area (Å²) in [5, 5.41) is 12.8. The minimum absolute atomic E-state index is 0.0463. The second kappa shape index (κ2) is 12.8. The smallest absolute Gasteiger partial charge is 0.416 e. The molecule has 0 aliphatic rings. The lowest BCUT2D eigenvalue weighted by Crippen LogP contribution is -2.25. The van der Waals surface area contributed by atoms with Crippen molar-refractivity contribution < 1.29 is 41.0 Å². The van der Waals surface area contributed by atoms with E-state index in [1.54, 1.807) is 79.8 Å². The molecule has 2 N–H and O–H groups in total. The maximum atomic E-state index is 14.0. The summed E-state index contributed by atoms with van der Waals surface area (Å²) in [6.45, 7) is -0.432. The monoisotopic (exact) mass is 742 g/mol. The average molecular weight is 743 g/mol. The lowest BCUT2D eigenvalue weighted by molar-refractivity contribution is -0.143. The van der Waals surface area contributed by atoms with Gasteiger partial charge in [0, 0.05) is 39.9 Å². The molecule has 0 spiro atoms. The van der Waals surface area contributed by atoms with E-state index in [0.29, 0.717) is 55.2 Å². The van der Waals surface area contributed by atoms with E-state index in [2.05, 4.69) is 20.9 Å². The topological polar surface area (TPSA) is 84.3 Å². The molecule has 0 aliphatic heterocycles. The normalized spacial score (nSPS) is 12.8. The molecule has 0 amide bonds. The Balaban J connectivity index is 1.45. The number of benzene rings is 4. The molecule has 13 heteroatoms. The third-order valence-corrected chi connectivity index (χ3v) is 8.82. The highest BCUT2D eigenvalue weighted by molar-refractivity contribution is 9.10. The van der Waals surface area contributed by atoms with Crippen LogP contribution in [0.3, 0.4) is 0 Å². The van der Waals surface area contributed by atoms with E-state index in [-0.39, 0.29) is 23.8 Å². The van der Waals surface area contributed by atoms with Crippen LogP contribution < -0.4 is 5.56 Å². The predicted molar refractivity (Wildman–Crippen MR) is 175 cm³/mol. The van der Waals surface area contributed by atoms with Crippen LogP contribution in [0.15, 0.2) is 100 Å². The Kier molecular flexibility index (Phi) is 8.82. The molecule has 2 aromatic heterocycles. The van der Waals surface area contributed by atoms with Gasteiger partial charge in [0.25, 0.3) is 5.56 Å². The number of hydrogen-bond donors (Lipinski definition) is 2. The number of para-hydroxylation sites is 2. The number of carbonyl (C=O) groups is 1. The highest BCUT2D eigenvalue weighted by Gasteiger charge is 2.38. The average Bonchev–Trinajstić information content (AvgIpc) is 3.42. The van der Waals surface area contributed by atoms with Crippen LogP contribution in [-0.2, 0) is 30.6 Å². The number of aromatic amines is 1. The molecule has 6 rings (SSSR count). The summed E-state index contributed by atoms with van der Waals surface area (Å²) in [4.78, 5) is 30.3. The van der Waals surface area contributed by atoms with Gasteiger partial charge in [-0.15, -0.1) is 0 Å². The predicted octanol–water partition coefficient (Wildman–Crippen LogP) is 9.11. The Morgan fingerprint density at radius 1 is 0.878 bits per heavy atom. The Bertz CT molecular complexity index is 2260. The zero-order valence-electron chi connectivity index (χ0n) is 25.4. The van der Waals surface area contributed by atoms with Gasteiger partial charge in [-0.2, -0.15) is 26.3 Å². The van der Waals surface area contributed by atoms with Gasteiger partial charge in [0.1, 0.15) is 5.75 Å². The molecule has 252 valence electrons. The maximum absolute atomic E-state index is 14.0. The molecule has 0 saturated heterocycles. The van der Waals surface area contributed by atoms with E-state index in [1.807, 2.05) is 0 Å². The molecule has 2 heterocycles. The van der Waals surface area contributed by atoms with E-state index in [4.69, 9.17) is 4.74 Å². The maximum Gasteiger partial charge on any atom is 0.416 e. The highest BCUT2D eigenvalue weighted by Crippen LogP contribution is 2.42. The minimum atomic E-state index is -5.14. The first-order valence-corrected chi connectivity index (χ1v) is 15.6. The summed E-state index contributed by atoms with van der Waals surface area (Å²) in [5.74, 6) is -2.50. The van der Waals surface area contributed by atoms with Gasteiger partial charge in [0.05, 0.1) is 40.3 Å². The molecule has 49 heavy (non-hydrogen) atoms. The number of ether oxygens (including phenoxy) is 1. The zero-order valence-corrected chi connectivity index (χ0v) is 27.0. The molecule has 6 nitrogen and oxygen atoms in total.